The highest BCUT2D eigenvalue weighted by Gasteiger charge is 2.14. The van der Waals surface area contributed by atoms with Crippen molar-refractivity contribution in [2.24, 2.45) is 0 Å². The van der Waals surface area contributed by atoms with Gasteiger partial charge in [0.25, 0.3) is 0 Å². The van der Waals surface area contributed by atoms with Gasteiger partial charge in [0.05, 0.1) is 16.3 Å². The summed E-state index contributed by atoms with van der Waals surface area (Å²) in [4.78, 5) is 8.77. The maximum absolute atomic E-state index is 12.4. The van der Waals surface area contributed by atoms with Crippen LogP contribution in [0.3, 0.4) is 0 Å². The van der Waals surface area contributed by atoms with Crippen LogP contribution >= 0.6 is 0 Å². The maximum atomic E-state index is 12.4. The van der Waals surface area contributed by atoms with Gasteiger partial charge in [0, 0.05) is 18.2 Å². The van der Waals surface area contributed by atoms with E-state index in [0.717, 1.165) is 16.7 Å². The third-order valence-electron chi connectivity index (χ3n) is 4.04. The molecular formula is C20H22N4O2S. The highest BCUT2D eigenvalue weighted by molar-refractivity contribution is 7.91. The zero-order valence-corrected chi connectivity index (χ0v) is 16.1. The van der Waals surface area contributed by atoms with E-state index in [1.807, 2.05) is 26.0 Å². The van der Waals surface area contributed by atoms with Gasteiger partial charge in [0.2, 0.25) is 5.95 Å². The average Bonchev–Trinajstić information content (AvgIpc) is 2.61. The number of benzene rings is 2. The molecule has 0 bridgehead atoms. The van der Waals surface area contributed by atoms with Crippen molar-refractivity contribution in [3.63, 3.8) is 0 Å². The lowest BCUT2D eigenvalue weighted by Gasteiger charge is -2.10. The molecule has 0 spiro atoms. The molecule has 3 N–H and O–H groups in total. The first-order chi connectivity index (χ1) is 12.8. The summed E-state index contributed by atoms with van der Waals surface area (Å²) < 4.78 is 24.7. The highest BCUT2D eigenvalue weighted by Crippen LogP contribution is 2.23. The van der Waals surface area contributed by atoms with Crippen LogP contribution in [0.4, 0.5) is 11.8 Å². The van der Waals surface area contributed by atoms with Crippen LogP contribution in [-0.2, 0) is 9.84 Å². The number of sulfone groups is 1. The molecule has 27 heavy (non-hydrogen) atoms. The molecular weight excluding hydrogens is 360 g/mol. The van der Waals surface area contributed by atoms with E-state index < -0.39 is 9.84 Å². The Morgan fingerprint density at radius 2 is 1.63 bits per heavy atom. The van der Waals surface area contributed by atoms with Crippen molar-refractivity contribution in [3.05, 3.63) is 65.7 Å². The van der Waals surface area contributed by atoms with E-state index in [2.05, 4.69) is 21.4 Å². The largest absolute Gasteiger partial charge is 0.369 e. The van der Waals surface area contributed by atoms with Gasteiger partial charge in [0.15, 0.2) is 9.84 Å². The van der Waals surface area contributed by atoms with Crippen LogP contribution in [0.1, 0.15) is 11.1 Å². The van der Waals surface area contributed by atoms with Crippen molar-refractivity contribution in [1.82, 2.24) is 9.97 Å². The van der Waals surface area contributed by atoms with Gasteiger partial charge in [-0.1, -0.05) is 35.4 Å². The van der Waals surface area contributed by atoms with Crippen molar-refractivity contribution in [3.8, 4) is 11.3 Å². The average molecular weight is 382 g/mol. The molecule has 0 aliphatic carbocycles. The van der Waals surface area contributed by atoms with Gasteiger partial charge in [-0.05, 0) is 38.1 Å². The van der Waals surface area contributed by atoms with Crippen molar-refractivity contribution in [2.45, 2.75) is 18.7 Å². The van der Waals surface area contributed by atoms with Gasteiger partial charge in [0.1, 0.15) is 5.82 Å². The second kappa shape index (κ2) is 7.75. The summed E-state index contributed by atoms with van der Waals surface area (Å²) >= 11 is 0. The highest BCUT2D eigenvalue weighted by atomic mass is 32.2. The van der Waals surface area contributed by atoms with Gasteiger partial charge in [-0.2, -0.15) is 4.98 Å². The number of aryl methyl sites for hydroxylation is 2. The summed E-state index contributed by atoms with van der Waals surface area (Å²) in [6, 6.07) is 16.3. The monoisotopic (exact) mass is 382 g/mol. The number of anilines is 2. The number of nitrogens with one attached hydrogen (secondary N) is 1. The molecule has 0 aliphatic heterocycles. The normalized spacial score (nSPS) is 11.3. The fourth-order valence-electron chi connectivity index (χ4n) is 2.89. The molecule has 0 saturated heterocycles. The fraction of sp³-hybridized carbons (Fsp3) is 0.200. The van der Waals surface area contributed by atoms with Crippen LogP contribution in [0.15, 0.2) is 59.5 Å². The number of hydrogen-bond donors (Lipinski definition) is 2. The molecule has 6 nitrogen and oxygen atoms in total. The Bertz CT molecular complexity index is 1030. The van der Waals surface area contributed by atoms with E-state index >= 15 is 0 Å². The standard InChI is InChI=1S/C20H22N4O2S/c1-14-10-15(2)12-16(11-14)18-13-19(24-20(21)23-18)22-8-9-27(25,26)17-6-4-3-5-7-17/h3-7,10-13H,8-9H2,1-2H3,(H3,21,22,23,24). The van der Waals surface area contributed by atoms with Gasteiger partial charge < -0.3 is 11.1 Å². The van der Waals surface area contributed by atoms with E-state index in [1.165, 1.54) is 0 Å². The molecule has 0 radical (unpaired) electrons. The Kier molecular flexibility index (Phi) is 5.41. The molecule has 0 fully saturated rings. The lowest BCUT2D eigenvalue weighted by Crippen LogP contribution is -2.17. The van der Waals surface area contributed by atoms with Crippen molar-refractivity contribution >= 4 is 21.6 Å². The van der Waals surface area contributed by atoms with Crippen LogP contribution < -0.4 is 11.1 Å². The fourth-order valence-corrected chi connectivity index (χ4v) is 4.06. The van der Waals surface area contributed by atoms with Crippen LogP contribution in [0.2, 0.25) is 0 Å². The summed E-state index contributed by atoms with van der Waals surface area (Å²) in [7, 11) is -3.35. The predicted octanol–water partition coefficient (Wildman–Crippen LogP) is 3.23. The van der Waals surface area contributed by atoms with Gasteiger partial charge in [-0.25, -0.2) is 13.4 Å². The summed E-state index contributed by atoms with van der Waals surface area (Å²) in [5.41, 5.74) is 9.74. The van der Waals surface area contributed by atoms with E-state index in [0.29, 0.717) is 16.4 Å². The molecule has 0 amide bonds. The number of rotatable bonds is 6. The van der Waals surface area contributed by atoms with Gasteiger partial charge >= 0.3 is 0 Å². The predicted molar refractivity (Wildman–Crippen MR) is 108 cm³/mol. The zero-order chi connectivity index (χ0) is 19.4. The molecule has 0 saturated carbocycles. The summed E-state index contributed by atoms with van der Waals surface area (Å²) in [5, 5.41) is 3.04. The summed E-state index contributed by atoms with van der Waals surface area (Å²) in [5.74, 6) is 0.597. The molecule has 0 aliphatic rings. The Morgan fingerprint density at radius 1 is 0.963 bits per heavy atom. The van der Waals surface area contributed by atoms with Crippen LogP contribution in [0.25, 0.3) is 11.3 Å². The molecule has 0 atom stereocenters. The Labute approximate surface area is 159 Å². The zero-order valence-electron chi connectivity index (χ0n) is 15.3. The minimum absolute atomic E-state index is 0.0419. The SMILES string of the molecule is Cc1cc(C)cc(-c2cc(NCCS(=O)(=O)c3ccccc3)nc(N)n2)c1. The van der Waals surface area contributed by atoms with Crippen LogP contribution in [-0.4, -0.2) is 30.7 Å². The van der Waals surface area contributed by atoms with E-state index in [9.17, 15) is 8.42 Å². The van der Waals surface area contributed by atoms with E-state index in [-0.39, 0.29) is 18.2 Å². The third kappa shape index (κ3) is 4.83. The second-order valence-corrected chi connectivity index (χ2v) is 8.54. The molecule has 0 unspecified atom stereocenters. The van der Waals surface area contributed by atoms with Crippen LogP contribution in [0, 0.1) is 13.8 Å². The smallest absolute Gasteiger partial charge is 0.222 e. The topological polar surface area (TPSA) is 98.0 Å². The quantitative estimate of drug-likeness (QED) is 0.679. The number of aromatic nitrogens is 2. The summed E-state index contributed by atoms with van der Waals surface area (Å²) in [6.07, 6.45) is 0. The first-order valence-electron chi connectivity index (χ1n) is 8.58. The van der Waals surface area contributed by atoms with Gasteiger partial charge in [-0.3, -0.25) is 0 Å². The minimum Gasteiger partial charge on any atom is -0.369 e. The lowest BCUT2D eigenvalue weighted by molar-refractivity contribution is 0.596. The molecule has 3 rings (SSSR count). The van der Waals surface area contributed by atoms with Crippen molar-refractivity contribution in [1.29, 1.82) is 0 Å². The van der Waals surface area contributed by atoms with E-state index in [1.54, 1.807) is 36.4 Å². The summed E-state index contributed by atoms with van der Waals surface area (Å²) in [6.45, 7) is 4.27. The molecule has 140 valence electrons. The van der Waals surface area contributed by atoms with Crippen molar-refractivity contribution in [2.75, 3.05) is 23.3 Å². The number of nitrogens with two attached hydrogens (primary N) is 1. The number of nitrogen functional groups attached to an aromatic ring is 1. The molecule has 3 aromatic rings. The van der Waals surface area contributed by atoms with E-state index in [4.69, 9.17) is 5.73 Å². The number of nitrogens with zero attached hydrogens (tertiary/aromatic N) is 2. The third-order valence-corrected chi connectivity index (χ3v) is 5.77. The Hall–Kier alpha value is -2.93. The lowest BCUT2D eigenvalue weighted by atomic mass is 10.0. The van der Waals surface area contributed by atoms with Crippen molar-refractivity contribution < 1.29 is 8.42 Å². The first-order valence-corrected chi connectivity index (χ1v) is 10.2. The molecule has 2 aromatic carbocycles. The first kappa shape index (κ1) is 18.8. The molecule has 1 aromatic heterocycles. The number of hydrogen-bond acceptors (Lipinski definition) is 6. The maximum Gasteiger partial charge on any atom is 0.222 e. The minimum atomic E-state index is -3.35. The van der Waals surface area contributed by atoms with Crippen LogP contribution in [0.5, 0.6) is 0 Å². The second-order valence-electron chi connectivity index (χ2n) is 6.43. The molecule has 1 heterocycles. The Morgan fingerprint density at radius 3 is 2.30 bits per heavy atom. The molecule has 7 heteroatoms. The van der Waals surface area contributed by atoms with Gasteiger partial charge in [-0.15, -0.1) is 0 Å². The Balaban J connectivity index is 1.75.